The molecule has 5 nitrogen and oxygen atoms in total. The summed E-state index contributed by atoms with van der Waals surface area (Å²) in [7, 11) is -4.07. The van der Waals surface area contributed by atoms with Crippen molar-refractivity contribution >= 4 is 13.7 Å². The molecule has 0 aromatic heterocycles. The molecule has 0 aromatic rings. The number of hydrogen-bond donors (Lipinski definition) is 2. The lowest BCUT2D eigenvalue weighted by molar-refractivity contribution is -0.132. The van der Waals surface area contributed by atoms with Crippen LogP contribution in [0.3, 0.4) is 0 Å². The molecular formula is C2H6NO4P. The molecule has 0 saturated heterocycles. The van der Waals surface area contributed by atoms with E-state index < -0.39 is 13.7 Å². The number of hydrogen-bond acceptors (Lipinski definition) is 3. The van der Waals surface area contributed by atoms with E-state index in [-0.39, 0.29) is 0 Å². The highest BCUT2D eigenvalue weighted by molar-refractivity contribution is 7.50. The molecule has 1 unspecified atom stereocenters. The van der Waals surface area contributed by atoms with E-state index in [1.807, 2.05) is 0 Å². The van der Waals surface area contributed by atoms with E-state index in [0.717, 1.165) is 6.92 Å². The summed E-state index contributed by atoms with van der Waals surface area (Å²) < 4.78 is 13.6. The minimum Gasteiger partial charge on any atom is -0.380 e. The first-order valence-electron chi connectivity index (χ1n) is 1.73. The van der Waals surface area contributed by atoms with Crippen LogP contribution in [-0.4, -0.2) is 10.9 Å². The van der Waals surface area contributed by atoms with Crippen LogP contribution in [0.1, 0.15) is 6.92 Å². The molecule has 6 heteroatoms. The van der Waals surface area contributed by atoms with Crippen molar-refractivity contribution in [2.24, 2.45) is 5.50 Å². The second-order valence-corrected chi connectivity index (χ2v) is 2.46. The van der Waals surface area contributed by atoms with Gasteiger partial charge < -0.3 is 9.42 Å². The van der Waals surface area contributed by atoms with Crippen molar-refractivity contribution in [2.75, 3.05) is 0 Å². The van der Waals surface area contributed by atoms with Crippen molar-refractivity contribution in [1.82, 2.24) is 0 Å². The predicted octanol–water partition coefficient (Wildman–Crippen LogP) is -0.391. The zero-order valence-electron chi connectivity index (χ0n) is 4.20. The van der Waals surface area contributed by atoms with Gasteiger partial charge in [-0.05, 0) is 0 Å². The van der Waals surface area contributed by atoms with E-state index in [0.29, 0.717) is 0 Å². The van der Waals surface area contributed by atoms with Crippen LogP contribution in [0.5, 0.6) is 0 Å². The Labute approximate surface area is 46.0 Å². The third-order valence-corrected chi connectivity index (χ3v) is 0.778. The topological polar surface area (TPSA) is 89.6 Å². The van der Waals surface area contributed by atoms with Crippen molar-refractivity contribution in [3.8, 4) is 0 Å². The Balaban J connectivity index is 3.74. The SMILES string of the molecule is CC(=O)OP(N)(=O)O. The molecule has 0 aliphatic rings. The standard InChI is InChI=1S/C2H6NO4P/c1-2(4)7-8(3,5)6/h1H3,(H3,3,5,6). The van der Waals surface area contributed by atoms with Gasteiger partial charge in [0, 0.05) is 6.92 Å². The fraction of sp³-hybridized carbons (Fsp3) is 0.500. The molecule has 48 valence electrons. The Morgan fingerprint density at radius 3 is 2.25 bits per heavy atom. The Hall–Kier alpha value is -0.380. The van der Waals surface area contributed by atoms with Crippen LogP contribution in [0.25, 0.3) is 0 Å². The number of rotatable bonds is 1. The molecule has 0 fully saturated rings. The summed E-state index contributed by atoms with van der Waals surface area (Å²) in [5.74, 6) is -0.863. The number of carbonyl (C=O) groups excluding carboxylic acids is 1. The molecule has 0 aliphatic carbocycles. The second-order valence-electron chi connectivity index (χ2n) is 1.15. The maximum Gasteiger partial charge on any atom is 0.455 e. The minimum absolute atomic E-state index is 0.863. The summed E-state index contributed by atoms with van der Waals surface area (Å²) >= 11 is 0. The van der Waals surface area contributed by atoms with Gasteiger partial charge in [-0.15, -0.1) is 0 Å². The molecule has 0 saturated carbocycles. The van der Waals surface area contributed by atoms with E-state index in [1.54, 1.807) is 0 Å². The normalized spacial score (nSPS) is 16.9. The zero-order valence-corrected chi connectivity index (χ0v) is 5.09. The molecule has 3 N–H and O–H groups in total. The third kappa shape index (κ3) is 5.62. The van der Waals surface area contributed by atoms with Gasteiger partial charge in [0.1, 0.15) is 0 Å². The van der Waals surface area contributed by atoms with Gasteiger partial charge in [-0.25, -0.2) is 10.1 Å². The zero-order chi connectivity index (χ0) is 6.78. The quantitative estimate of drug-likeness (QED) is 0.483. The predicted molar refractivity (Wildman–Crippen MR) is 25.8 cm³/mol. The summed E-state index contributed by atoms with van der Waals surface area (Å²) in [6, 6.07) is 0. The molecule has 0 aromatic carbocycles. The van der Waals surface area contributed by atoms with E-state index >= 15 is 0 Å². The Kier molecular flexibility index (Phi) is 2.15. The number of carbonyl (C=O) groups is 1. The van der Waals surface area contributed by atoms with Crippen LogP contribution in [0.15, 0.2) is 0 Å². The highest BCUT2D eigenvalue weighted by atomic mass is 31.2. The van der Waals surface area contributed by atoms with E-state index in [4.69, 9.17) is 4.89 Å². The lowest BCUT2D eigenvalue weighted by Crippen LogP contribution is -2.02. The molecule has 0 spiro atoms. The highest BCUT2D eigenvalue weighted by Crippen LogP contribution is 2.30. The van der Waals surface area contributed by atoms with E-state index in [1.165, 1.54) is 0 Å². The van der Waals surface area contributed by atoms with E-state index in [9.17, 15) is 9.36 Å². The van der Waals surface area contributed by atoms with E-state index in [2.05, 4.69) is 10.0 Å². The van der Waals surface area contributed by atoms with Gasteiger partial charge in [-0.3, -0.25) is 4.79 Å². The van der Waals surface area contributed by atoms with Crippen molar-refractivity contribution in [2.45, 2.75) is 6.92 Å². The van der Waals surface area contributed by atoms with Gasteiger partial charge in [0.05, 0.1) is 0 Å². The van der Waals surface area contributed by atoms with Gasteiger partial charge >= 0.3 is 13.7 Å². The molecule has 0 rings (SSSR count). The largest absolute Gasteiger partial charge is 0.455 e. The Morgan fingerprint density at radius 2 is 2.25 bits per heavy atom. The Bertz CT molecular complexity index is 137. The average Bonchev–Trinajstić information content (AvgIpc) is 1.21. The van der Waals surface area contributed by atoms with Crippen molar-refractivity contribution in [3.63, 3.8) is 0 Å². The van der Waals surface area contributed by atoms with Gasteiger partial charge in [-0.2, -0.15) is 0 Å². The molecule has 0 aliphatic heterocycles. The van der Waals surface area contributed by atoms with Gasteiger partial charge in [0.2, 0.25) is 0 Å². The van der Waals surface area contributed by atoms with Crippen LogP contribution in [0, 0.1) is 0 Å². The first-order valence-corrected chi connectivity index (χ1v) is 3.38. The van der Waals surface area contributed by atoms with Crippen LogP contribution >= 0.6 is 7.75 Å². The fourth-order valence-electron chi connectivity index (χ4n) is 0.184. The van der Waals surface area contributed by atoms with Crippen LogP contribution < -0.4 is 5.50 Å². The van der Waals surface area contributed by atoms with Crippen molar-refractivity contribution in [1.29, 1.82) is 0 Å². The fourth-order valence-corrected chi connectivity index (χ4v) is 0.553. The maximum atomic E-state index is 9.92. The summed E-state index contributed by atoms with van der Waals surface area (Å²) in [6.07, 6.45) is 0. The average molecular weight is 139 g/mol. The first-order chi connectivity index (χ1) is 3.42. The summed E-state index contributed by atoms with van der Waals surface area (Å²) in [5, 5.41) is 0. The molecule has 0 radical (unpaired) electrons. The van der Waals surface area contributed by atoms with Crippen molar-refractivity contribution in [3.05, 3.63) is 0 Å². The Morgan fingerprint density at radius 1 is 1.88 bits per heavy atom. The second kappa shape index (κ2) is 2.26. The molecule has 8 heavy (non-hydrogen) atoms. The molecule has 0 heterocycles. The lowest BCUT2D eigenvalue weighted by atomic mass is 10.9. The number of nitrogens with two attached hydrogens (primary N) is 1. The first kappa shape index (κ1) is 7.62. The molecule has 0 bridgehead atoms. The van der Waals surface area contributed by atoms with Crippen LogP contribution in [-0.2, 0) is 13.9 Å². The molecular weight excluding hydrogens is 133 g/mol. The van der Waals surface area contributed by atoms with Gasteiger partial charge in [-0.1, -0.05) is 0 Å². The maximum absolute atomic E-state index is 9.92. The summed E-state index contributed by atoms with van der Waals surface area (Å²) in [5.41, 5.74) is 4.40. The smallest absolute Gasteiger partial charge is 0.380 e. The van der Waals surface area contributed by atoms with Gasteiger partial charge in [0.15, 0.2) is 0 Å². The molecule has 0 amide bonds. The summed E-state index contributed by atoms with van der Waals surface area (Å²) in [6.45, 7) is 0.996. The minimum atomic E-state index is -4.07. The highest BCUT2D eigenvalue weighted by Gasteiger charge is 2.13. The lowest BCUT2D eigenvalue weighted by Gasteiger charge is -2.00. The van der Waals surface area contributed by atoms with Gasteiger partial charge in [0.25, 0.3) is 0 Å². The third-order valence-electron chi connectivity index (χ3n) is 0.259. The van der Waals surface area contributed by atoms with Crippen LogP contribution in [0.2, 0.25) is 0 Å². The van der Waals surface area contributed by atoms with Crippen LogP contribution in [0.4, 0.5) is 0 Å². The molecule has 1 atom stereocenters. The monoisotopic (exact) mass is 139 g/mol. The van der Waals surface area contributed by atoms with Crippen molar-refractivity contribution < 1.29 is 18.8 Å². The summed E-state index contributed by atoms with van der Waals surface area (Å²) in [4.78, 5) is 17.9.